The number of nitrogens with zero attached hydrogens (tertiary/aromatic N) is 2. The molecule has 2 saturated heterocycles. The Hall–Kier alpha value is -2.49. The molecule has 142 valence electrons. The van der Waals surface area contributed by atoms with E-state index in [2.05, 4.69) is 35.2 Å². The molecule has 4 rings (SSSR count). The molecule has 27 heavy (non-hydrogen) atoms. The molecule has 4 nitrogen and oxygen atoms in total. The number of nitrogens with two attached hydrogens (primary N) is 1. The van der Waals surface area contributed by atoms with Crippen molar-refractivity contribution in [1.82, 2.24) is 4.90 Å². The van der Waals surface area contributed by atoms with Crippen LogP contribution in [0.1, 0.15) is 41.6 Å². The lowest BCUT2D eigenvalue weighted by Crippen LogP contribution is -2.36. The zero-order chi connectivity index (χ0) is 18.6. The predicted molar refractivity (Wildman–Crippen MR) is 111 cm³/mol. The van der Waals surface area contributed by atoms with Gasteiger partial charge in [-0.1, -0.05) is 30.3 Å². The third-order valence-electron chi connectivity index (χ3n) is 5.97. The van der Waals surface area contributed by atoms with Crippen molar-refractivity contribution in [2.24, 2.45) is 5.92 Å². The van der Waals surface area contributed by atoms with Gasteiger partial charge in [-0.2, -0.15) is 0 Å². The fourth-order valence-electron chi connectivity index (χ4n) is 4.42. The number of anilines is 2. The maximum atomic E-state index is 13.0. The van der Waals surface area contributed by atoms with E-state index < -0.39 is 0 Å². The summed E-state index contributed by atoms with van der Waals surface area (Å²) < 4.78 is 0. The lowest BCUT2D eigenvalue weighted by Gasteiger charge is -2.35. The van der Waals surface area contributed by atoms with Gasteiger partial charge in [0.2, 0.25) is 0 Å². The zero-order valence-corrected chi connectivity index (χ0v) is 15.9. The van der Waals surface area contributed by atoms with E-state index in [1.165, 1.54) is 5.56 Å². The van der Waals surface area contributed by atoms with Crippen LogP contribution >= 0.6 is 0 Å². The smallest absolute Gasteiger partial charge is 0.256 e. The molecule has 2 N–H and O–H groups in total. The highest BCUT2D eigenvalue weighted by molar-refractivity contribution is 6.01. The topological polar surface area (TPSA) is 49.6 Å². The molecule has 2 aliphatic rings. The molecule has 4 heteroatoms. The van der Waals surface area contributed by atoms with E-state index in [0.29, 0.717) is 5.69 Å². The lowest BCUT2D eigenvalue weighted by atomic mass is 9.89. The van der Waals surface area contributed by atoms with Gasteiger partial charge >= 0.3 is 0 Å². The number of nitrogen functional groups attached to an aromatic ring is 1. The van der Waals surface area contributed by atoms with Gasteiger partial charge in [-0.05, 0) is 61.8 Å². The molecular weight excluding hydrogens is 334 g/mol. The minimum Gasteiger partial charge on any atom is -0.399 e. The van der Waals surface area contributed by atoms with Crippen LogP contribution in [0.3, 0.4) is 0 Å². The van der Waals surface area contributed by atoms with Gasteiger partial charge in [0.15, 0.2) is 0 Å². The van der Waals surface area contributed by atoms with Gasteiger partial charge < -0.3 is 15.5 Å². The fourth-order valence-corrected chi connectivity index (χ4v) is 4.42. The van der Waals surface area contributed by atoms with E-state index in [1.54, 1.807) is 0 Å². The summed E-state index contributed by atoms with van der Waals surface area (Å²) in [7, 11) is 0. The second-order valence-corrected chi connectivity index (χ2v) is 7.90. The van der Waals surface area contributed by atoms with E-state index in [0.717, 1.165) is 75.5 Å². The Morgan fingerprint density at radius 1 is 0.963 bits per heavy atom. The Morgan fingerprint density at radius 3 is 2.37 bits per heavy atom. The number of likely N-dealkylation sites (tertiary alicyclic amines) is 1. The van der Waals surface area contributed by atoms with Crippen molar-refractivity contribution < 1.29 is 4.79 Å². The number of hydrogen-bond donors (Lipinski definition) is 1. The highest BCUT2D eigenvalue weighted by Crippen LogP contribution is 2.30. The minimum atomic E-state index is 0.140. The number of rotatable bonds is 4. The van der Waals surface area contributed by atoms with E-state index in [4.69, 9.17) is 5.73 Å². The minimum absolute atomic E-state index is 0.140. The van der Waals surface area contributed by atoms with Gasteiger partial charge in [-0.3, -0.25) is 4.79 Å². The number of amides is 1. The predicted octanol–water partition coefficient (Wildman–Crippen LogP) is 3.96. The molecule has 0 radical (unpaired) electrons. The average Bonchev–Trinajstić information content (AvgIpc) is 3.24. The Morgan fingerprint density at radius 2 is 1.67 bits per heavy atom. The number of benzene rings is 2. The van der Waals surface area contributed by atoms with Gasteiger partial charge in [0.25, 0.3) is 5.91 Å². The molecule has 2 aromatic rings. The van der Waals surface area contributed by atoms with Crippen LogP contribution < -0.4 is 10.6 Å². The van der Waals surface area contributed by atoms with Gasteiger partial charge in [0.05, 0.1) is 5.56 Å². The van der Waals surface area contributed by atoms with Crippen molar-refractivity contribution in [2.75, 3.05) is 36.8 Å². The second kappa shape index (κ2) is 8.03. The van der Waals surface area contributed by atoms with Crippen LogP contribution in [0.25, 0.3) is 0 Å². The van der Waals surface area contributed by atoms with Crippen LogP contribution in [0.15, 0.2) is 48.5 Å². The molecule has 0 spiro atoms. The van der Waals surface area contributed by atoms with E-state index in [1.807, 2.05) is 23.1 Å². The quantitative estimate of drug-likeness (QED) is 0.837. The largest absolute Gasteiger partial charge is 0.399 e. The Labute approximate surface area is 162 Å². The van der Waals surface area contributed by atoms with Crippen molar-refractivity contribution in [3.05, 3.63) is 59.7 Å². The maximum absolute atomic E-state index is 13.0. The number of carbonyl (C=O) groups is 1. The van der Waals surface area contributed by atoms with Crippen LogP contribution in [0.4, 0.5) is 11.4 Å². The van der Waals surface area contributed by atoms with Crippen LogP contribution in [0.5, 0.6) is 0 Å². The van der Waals surface area contributed by atoms with Gasteiger partial charge in [-0.25, -0.2) is 0 Å². The van der Waals surface area contributed by atoms with E-state index in [9.17, 15) is 4.79 Å². The van der Waals surface area contributed by atoms with E-state index in [-0.39, 0.29) is 5.91 Å². The standard InChI is InChI=1S/C23H29N3O/c24-20-8-9-22(21(17-20)23(27)26-12-4-5-13-26)25-14-10-19(11-15-25)16-18-6-2-1-3-7-18/h1-3,6-9,17,19H,4-5,10-16,24H2. The highest BCUT2D eigenvalue weighted by atomic mass is 16.2. The molecule has 0 bridgehead atoms. The van der Waals surface area contributed by atoms with Crippen molar-refractivity contribution in [3.63, 3.8) is 0 Å². The monoisotopic (exact) mass is 363 g/mol. The molecule has 0 aromatic heterocycles. The first-order valence-electron chi connectivity index (χ1n) is 10.2. The Balaban J connectivity index is 1.45. The zero-order valence-electron chi connectivity index (χ0n) is 15.9. The van der Waals surface area contributed by atoms with Crippen molar-refractivity contribution >= 4 is 17.3 Å². The van der Waals surface area contributed by atoms with Gasteiger partial charge in [0, 0.05) is 37.6 Å². The summed E-state index contributed by atoms with van der Waals surface area (Å²) in [5.41, 5.74) is 9.93. The van der Waals surface area contributed by atoms with Crippen molar-refractivity contribution in [1.29, 1.82) is 0 Å². The summed E-state index contributed by atoms with van der Waals surface area (Å²) in [6.45, 7) is 3.74. The fraction of sp³-hybridized carbons (Fsp3) is 0.435. The summed E-state index contributed by atoms with van der Waals surface area (Å²) in [5, 5.41) is 0. The van der Waals surface area contributed by atoms with Crippen LogP contribution in [-0.4, -0.2) is 37.0 Å². The van der Waals surface area contributed by atoms with Gasteiger partial charge in [0.1, 0.15) is 0 Å². The molecule has 2 aromatic carbocycles. The average molecular weight is 364 g/mol. The summed E-state index contributed by atoms with van der Waals surface area (Å²) in [5.74, 6) is 0.858. The molecule has 0 aliphatic carbocycles. The maximum Gasteiger partial charge on any atom is 0.256 e. The van der Waals surface area contributed by atoms with Gasteiger partial charge in [-0.15, -0.1) is 0 Å². The lowest BCUT2D eigenvalue weighted by molar-refractivity contribution is 0.0793. The first-order chi connectivity index (χ1) is 13.2. The molecular formula is C23H29N3O. The molecule has 2 aliphatic heterocycles. The van der Waals surface area contributed by atoms with Crippen molar-refractivity contribution in [2.45, 2.75) is 32.1 Å². The summed E-state index contributed by atoms with van der Waals surface area (Å²) in [6, 6.07) is 16.6. The third-order valence-corrected chi connectivity index (χ3v) is 5.97. The summed E-state index contributed by atoms with van der Waals surface area (Å²) in [6.07, 6.45) is 5.69. The molecule has 2 heterocycles. The number of piperidine rings is 1. The Bertz CT molecular complexity index is 775. The van der Waals surface area contributed by atoms with Crippen LogP contribution in [-0.2, 0) is 6.42 Å². The first-order valence-corrected chi connectivity index (χ1v) is 10.2. The molecule has 0 saturated carbocycles. The number of carbonyl (C=O) groups excluding carboxylic acids is 1. The molecule has 1 amide bonds. The SMILES string of the molecule is Nc1ccc(N2CCC(Cc3ccccc3)CC2)c(C(=O)N2CCCC2)c1. The first kappa shape index (κ1) is 17.9. The third kappa shape index (κ3) is 4.10. The molecule has 2 fully saturated rings. The Kier molecular flexibility index (Phi) is 5.33. The van der Waals surface area contributed by atoms with Crippen LogP contribution in [0, 0.1) is 5.92 Å². The summed E-state index contributed by atoms with van der Waals surface area (Å²) in [4.78, 5) is 17.4. The highest BCUT2D eigenvalue weighted by Gasteiger charge is 2.26. The molecule has 0 unspecified atom stereocenters. The second-order valence-electron chi connectivity index (χ2n) is 7.90. The number of hydrogen-bond acceptors (Lipinski definition) is 3. The normalized spacial score (nSPS) is 18.1. The summed E-state index contributed by atoms with van der Waals surface area (Å²) >= 11 is 0. The van der Waals surface area contributed by atoms with Crippen LogP contribution in [0.2, 0.25) is 0 Å². The van der Waals surface area contributed by atoms with E-state index >= 15 is 0 Å². The molecule has 0 atom stereocenters. The van der Waals surface area contributed by atoms with Crippen molar-refractivity contribution in [3.8, 4) is 0 Å².